The first kappa shape index (κ1) is 17.3. The van der Waals surface area contributed by atoms with Crippen molar-refractivity contribution in [3.63, 3.8) is 0 Å². The average molecular weight is 358 g/mol. The third-order valence-electron chi connectivity index (χ3n) is 5.09. The molecule has 1 aromatic carbocycles. The molecule has 2 aromatic heterocycles. The molecule has 0 N–H and O–H groups in total. The Kier molecular flexibility index (Phi) is 4.92. The second-order valence-corrected chi connectivity index (χ2v) is 6.90. The van der Waals surface area contributed by atoms with Crippen molar-refractivity contribution in [2.45, 2.75) is 25.7 Å². The van der Waals surface area contributed by atoms with E-state index in [0.29, 0.717) is 6.54 Å². The first-order valence-electron chi connectivity index (χ1n) is 9.30. The van der Waals surface area contributed by atoms with Crippen LogP contribution in [0.15, 0.2) is 61.1 Å². The molecule has 1 unspecified atom stereocenters. The molecule has 5 heteroatoms. The Bertz CT molecular complexity index is 928. The number of likely N-dealkylation sites (tertiary alicyclic amines) is 1. The van der Waals surface area contributed by atoms with Crippen molar-refractivity contribution in [2.24, 2.45) is 0 Å². The van der Waals surface area contributed by atoms with Crippen LogP contribution in [0.1, 0.15) is 31.4 Å². The standard InChI is InChI=1S/C22H22N4O/c1-16(27)26-13-5-8-19(15-26)21-20(17-9-11-23-12-10-17)14-24-22(25-21)18-6-3-2-4-7-18/h2-4,6-7,9-12,14,19H,5,8,13,15H2,1H3. The lowest BCUT2D eigenvalue weighted by molar-refractivity contribution is -0.130. The van der Waals surface area contributed by atoms with Gasteiger partial charge >= 0.3 is 0 Å². The highest BCUT2D eigenvalue weighted by atomic mass is 16.2. The fraction of sp³-hybridized carbons (Fsp3) is 0.273. The monoisotopic (exact) mass is 358 g/mol. The summed E-state index contributed by atoms with van der Waals surface area (Å²) in [6.45, 7) is 3.17. The number of carbonyl (C=O) groups is 1. The van der Waals surface area contributed by atoms with E-state index in [0.717, 1.165) is 47.6 Å². The van der Waals surface area contributed by atoms with Gasteiger partial charge in [0.2, 0.25) is 5.91 Å². The number of hydrogen-bond donors (Lipinski definition) is 0. The highest BCUT2D eigenvalue weighted by Crippen LogP contribution is 2.34. The number of pyridine rings is 1. The first-order chi connectivity index (χ1) is 13.2. The molecule has 1 atom stereocenters. The van der Waals surface area contributed by atoms with Crippen molar-refractivity contribution < 1.29 is 4.79 Å². The summed E-state index contributed by atoms with van der Waals surface area (Å²) in [6, 6.07) is 14.0. The van der Waals surface area contributed by atoms with Crippen LogP contribution in [0.4, 0.5) is 0 Å². The smallest absolute Gasteiger partial charge is 0.219 e. The molecular formula is C22H22N4O. The van der Waals surface area contributed by atoms with Crippen LogP contribution in [-0.2, 0) is 4.79 Å². The zero-order valence-electron chi connectivity index (χ0n) is 15.4. The number of piperidine rings is 1. The molecule has 1 aliphatic heterocycles. The summed E-state index contributed by atoms with van der Waals surface area (Å²) in [7, 11) is 0. The van der Waals surface area contributed by atoms with Gasteiger partial charge in [0.15, 0.2) is 5.82 Å². The van der Waals surface area contributed by atoms with Crippen molar-refractivity contribution in [3.8, 4) is 22.5 Å². The molecule has 1 aliphatic rings. The minimum Gasteiger partial charge on any atom is -0.342 e. The summed E-state index contributed by atoms with van der Waals surface area (Å²) in [4.78, 5) is 27.5. The van der Waals surface area contributed by atoms with Gasteiger partial charge in [0.25, 0.3) is 0 Å². The third kappa shape index (κ3) is 3.72. The Morgan fingerprint density at radius 2 is 1.85 bits per heavy atom. The number of rotatable bonds is 3. The van der Waals surface area contributed by atoms with Gasteiger partial charge in [-0.05, 0) is 30.5 Å². The number of carbonyl (C=O) groups excluding carboxylic acids is 1. The van der Waals surface area contributed by atoms with E-state index >= 15 is 0 Å². The zero-order valence-corrected chi connectivity index (χ0v) is 15.4. The normalized spacial score (nSPS) is 16.9. The Morgan fingerprint density at radius 1 is 1.07 bits per heavy atom. The van der Waals surface area contributed by atoms with Crippen LogP contribution in [0, 0.1) is 0 Å². The molecule has 1 saturated heterocycles. The predicted molar refractivity (Wildman–Crippen MR) is 105 cm³/mol. The second kappa shape index (κ2) is 7.66. The number of benzene rings is 1. The SMILES string of the molecule is CC(=O)N1CCCC(c2nc(-c3ccccc3)ncc2-c2ccncc2)C1. The summed E-state index contributed by atoms with van der Waals surface area (Å²) in [5.41, 5.74) is 4.09. The van der Waals surface area contributed by atoms with Crippen LogP contribution < -0.4 is 0 Å². The maximum absolute atomic E-state index is 11.9. The van der Waals surface area contributed by atoms with Gasteiger partial charge in [-0.2, -0.15) is 0 Å². The highest BCUT2D eigenvalue weighted by molar-refractivity contribution is 5.73. The number of aromatic nitrogens is 3. The largest absolute Gasteiger partial charge is 0.342 e. The van der Waals surface area contributed by atoms with E-state index in [-0.39, 0.29) is 11.8 Å². The molecule has 4 rings (SSSR count). The van der Waals surface area contributed by atoms with Crippen LogP contribution >= 0.6 is 0 Å². The van der Waals surface area contributed by atoms with Crippen molar-refractivity contribution in [3.05, 3.63) is 66.7 Å². The third-order valence-corrected chi connectivity index (χ3v) is 5.09. The minimum atomic E-state index is 0.127. The van der Waals surface area contributed by atoms with Gasteiger partial charge in [0.05, 0.1) is 5.69 Å². The molecule has 3 aromatic rings. The lowest BCUT2D eigenvalue weighted by Gasteiger charge is -2.32. The highest BCUT2D eigenvalue weighted by Gasteiger charge is 2.27. The van der Waals surface area contributed by atoms with Crippen LogP contribution in [-0.4, -0.2) is 38.8 Å². The zero-order chi connectivity index (χ0) is 18.6. The maximum Gasteiger partial charge on any atom is 0.219 e. The van der Waals surface area contributed by atoms with E-state index in [4.69, 9.17) is 4.98 Å². The second-order valence-electron chi connectivity index (χ2n) is 6.90. The predicted octanol–water partition coefficient (Wildman–Crippen LogP) is 3.93. The van der Waals surface area contributed by atoms with Crippen molar-refractivity contribution in [1.82, 2.24) is 19.9 Å². The Morgan fingerprint density at radius 3 is 2.59 bits per heavy atom. The summed E-state index contributed by atoms with van der Waals surface area (Å²) >= 11 is 0. The molecule has 27 heavy (non-hydrogen) atoms. The van der Waals surface area contributed by atoms with Crippen LogP contribution in [0.2, 0.25) is 0 Å². The molecule has 0 aliphatic carbocycles. The molecule has 1 fully saturated rings. The molecule has 0 spiro atoms. The van der Waals surface area contributed by atoms with E-state index in [1.54, 1.807) is 19.3 Å². The lowest BCUT2D eigenvalue weighted by Crippen LogP contribution is -2.38. The first-order valence-corrected chi connectivity index (χ1v) is 9.30. The molecule has 136 valence electrons. The summed E-state index contributed by atoms with van der Waals surface area (Å²) < 4.78 is 0. The van der Waals surface area contributed by atoms with Gasteiger partial charge in [-0.3, -0.25) is 9.78 Å². The van der Waals surface area contributed by atoms with Gasteiger partial charge in [-0.15, -0.1) is 0 Å². The van der Waals surface area contributed by atoms with E-state index in [1.165, 1.54) is 0 Å². The molecule has 0 bridgehead atoms. The molecule has 1 amide bonds. The van der Waals surface area contributed by atoms with Crippen LogP contribution in [0.5, 0.6) is 0 Å². The number of amides is 1. The number of hydrogen-bond acceptors (Lipinski definition) is 4. The summed E-state index contributed by atoms with van der Waals surface area (Å²) in [5.74, 6) is 1.06. The van der Waals surface area contributed by atoms with Gasteiger partial charge in [0.1, 0.15) is 0 Å². The van der Waals surface area contributed by atoms with E-state index in [1.807, 2.05) is 53.6 Å². The lowest BCUT2D eigenvalue weighted by atomic mass is 9.90. The Balaban J connectivity index is 1.79. The topological polar surface area (TPSA) is 59.0 Å². The minimum absolute atomic E-state index is 0.127. The van der Waals surface area contributed by atoms with Gasteiger partial charge in [0, 0.05) is 55.6 Å². The fourth-order valence-corrected chi connectivity index (χ4v) is 3.67. The van der Waals surface area contributed by atoms with E-state index in [9.17, 15) is 4.79 Å². The van der Waals surface area contributed by atoms with Crippen molar-refractivity contribution in [2.75, 3.05) is 13.1 Å². The fourth-order valence-electron chi connectivity index (χ4n) is 3.67. The van der Waals surface area contributed by atoms with Gasteiger partial charge in [-0.1, -0.05) is 30.3 Å². The van der Waals surface area contributed by atoms with Gasteiger partial charge in [-0.25, -0.2) is 9.97 Å². The maximum atomic E-state index is 11.9. The quantitative estimate of drug-likeness (QED) is 0.712. The van der Waals surface area contributed by atoms with E-state index in [2.05, 4.69) is 9.97 Å². The molecule has 0 saturated carbocycles. The molecule has 0 radical (unpaired) electrons. The van der Waals surface area contributed by atoms with Crippen molar-refractivity contribution >= 4 is 5.91 Å². The Labute approximate surface area is 159 Å². The average Bonchev–Trinajstić information content (AvgIpc) is 2.74. The Hall–Kier alpha value is -3.08. The van der Waals surface area contributed by atoms with Gasteiger partial charge < -0.3 is 4.90 Å². The van der Waals surface area contributed by atoms with Crippen molar-refractivity contribution in [1.29, 1.82) is 0 Å². The molecule has 3 heterocycles. The summed E-state index contributed by atoms with van der Waals surface area (Å²) in [5, 5.41) is 0. The molecule has 5 nitrogen and oxygen atoms in total. The summed E-state index contributed by atoms with van der Waals surface area (Å²) in [6.07, 6.45) is 7.49. The number of nitrogens with zero attached hydrogens (tertiary/aromatic N) is 4. The molecular weight excluding hydrogens is 336 g/mol. The van der Waals surface area contributed by atoms with E-state index < -0.39 is 0 Å². The van der Waals surface area contributed by atoms with Crippen LogP contribution in [0.3, 0.4) is 0 Å². The van der Waals surface area contributed by atoms with Crippen LogP contribution in [0.25, 0.3) is 22.5 Å².